The maximum absolute atomic E-state index is 12.7. The van der Waals surface area contributed by atoms with Gasteiger partial charge in [0.1, 0.15) is 6.61 Å². The Morgan fingerprint density at radius 1 is 0.491 bits per heavy atom. The van der Waals surface area contributed by atoms with Gasteiger partial charge in [-0.05, 0) is 12.8 Å². The van der Waals surface area contributed by atoms with E-state index in [4.69, 9.17) is 18.5 Å². The number of esters is 2. The number of rotatable bonds is 43. The standard InChI is InChI=1S/C45H90NO8P/c1-6-8-10-12-14-16-18-20-22-24-26-28-30-32-34-37-44(47)51-41-43(42-53-55(49,50)52-40-36-39-46(3,4)5)54-45(48)38-35-33-31-29-27-25-23-21-19-17-15-13-11-9-7-2/h43H,6-42H2,1-5H3/p+1. The van der Waals surface area contributed by atoms with Crippen molar-refractivity contribution >= 4 is 19.8 Å². The molecule has 0 aromatic rings. The minimum Gasteiger partial charge on any atom is -0.462 e. The van der Waals surface area contributed by atoms with E-state index >= 15 is 0 Å². The van der Waals surface area contributed by atoms with Gasteiger partial charge in [0.15, 0.2) is 6.10 Å². The van der Waals surface area contributed by atoms with Crippen molar-refractivity contribution in [3.8, 4) is 0 Å². The monoisotopic (exact) mass is 805 g/mol. The molecule has 55 heavy (non-hydrogen) atoms. The summed E-state index contributed by atoms with van der Waals surface area (Å²) >= 11 is 0. The quantitative estimate of drug-likeness (QED) is 0.0281. The summed E-state index contributed by atoms with van der Waals surface area (Å²) in [5.41, 5.74) is 0. The van der Waals surface area contributed by atoms with Crippen molar-refractivity contribution in [3.63, 3.8) is 0 Å². The molecule has 9 nitrogen and oxygen atoms in total. The van der Waals surface area contributed by atoms with E-state index < -0.39 is 19.9 Å². The number of nitrogens with zero attached hydrogens (tertiary/aromatic N) is 1. The summed E-state index contributed by atoms with van der Waals surface area (Å²) in [4.78, 5) is 35.4. The number of phosphoric acid groups is 1. The van der Waals surface area contributed by atoms with Crippen LogP contribution in [0.5, 0.6) is 0 Å². The van der Waals surface area contributed by atoms with Crippen molar-refractivity contribution < 1.29 is 42.1 Å². The first-order valence-electron chi connectivity index (χ1n) is 23.3. The van der Waals surface area contributed by atoms with E-state index in [1.54, 1.807) is 0 Å². The van der Waals surface area contributed by atoms with Crippen molar-refractivity contribution in [3.05, 3.63) is 0 Å². The summed E-state index contributed by atoms with van der Waals surface area (Å²) in [6.45, 7) is 4.76. The highest BCUT2D eigenvalue weighted by Crippen LogP contribution is 2.43. The molecule has 0 aromatic carbocycles. The van der Waals surface area contributed by atoms with Crippen LogP contribution in [0.15, 0.2) is 0 Å². The normalized spacial score (nSPS) is 13.5. The zero-order valence-electron chi connectivity index (χ0n) is 36.9. The summed E-state index contributed by atoms with van der Waals surface area (Å²) in [7, 11) is 1.75. The first-order valence-corrected chi connectivity index (χ1v) is 24.8. The molecule has 0 aromatic heterocycles. The van der Waals surface area contributed by atoms with Crippen molar-refractivity contribution in [2.24, 2.45) is 0 Å². The highest BCUT2D eigenvalue weighted by molar-refractivity contribution is 7.47. The molecule has 0 rings (SSSR count). The molecule has 0 aliphatic rings. The van der Waals surface area contributed by atoms with Crippen LogP contribution in [0, 0.1) is 0 Å². The van der Waals surface area contributed by atoms with Gasteiger partial charge < -0.3 is 18.9 Å². The number of unbranched alkanes of at least 4 members (excludes halogenated alkanes) is 28. The predicted octanol–water partition coefficient (Wildman–Crippen LogP) is 13.2. The molecule has 0 saturated heterocycles. The summed E-state index contributed by atoms with van der Waals surface area (Å²) in [6.07, 6.45) is 37.7. The van der Waals surface area contributed by atoms with Crippen molar-refractivity contribution in [1.82, 2.24) is 0 Å². The minimum absolute atomic E-state index is 0.0706. The lowest BCUT2D eigenvalue weighted by Gasteiger charge is -2.24. The average molecular weight is 805 g/mol. The van der Waals surface area contributed by atoms with E-state index in [1.165, 1.54) is 154 Å². The number of carbonyl (C=O) groups excluding carboxylic acids is 2. The first kappa shape index (κ1) is 54.0. The van der Waals surface area contributed by atoms with Gasteiger partial charge in [-0.25, -0.2) is 4.57 Å². The summed E-state index contributed by atoms with van der Waals surface area (Å²) in [5.74, 6) is -0.778. The lowest BCUT2D eigenvalue weighted by Crippen LogP contribution is -2.35. The third-order valence-electron chi connectivity index (χ3n) is 10.3. The van der Waals surface area contributed by atoms with Gasteiger partial charge in [0.25, 0.3) is 0 Å². The van der Waals surface area contributed by atoms with E-state index in [9.17, 15) is 19.0 Å². The predicted molar refractivity (Wildman–Crippen MR) is 229 cm³/mol. The van der Waals surface area contributed by atoms with Gasteiger partial charge in [-0.15, -0.1) is 0 Å². The van der Waals surface area contributed by atoms with Crippen LogP contribution in [0.4, 0.5) is 0 Å². The van der Waals surface area contributed by atoms with Gasteiger partial charge in [0.05, 0.1) is 40.9 Å². The molecule has 328 valence electrons. The van der Waals surface area contributed by atoms with Crippen LogP contribution in [0.1, 0.15) is 226 Å². The van der Waals surface area contributed by atoms with E-state index in [2.05, 4.69) is 13.8 Å². The van der Waals surface area contributed by atoms with Crippen LogP contribution >= 0.6 is 7.82 Å². The number of phosphoric ester groups is 1. The Balaban J connectivity index is 4.33. The lowest BCUT2D eigenvalue weighted by atomic mass is 10.0. The Morgan fingerprint density at radius 2 is 0.836 bits per heavy atom. The number of hydrogen-bond donors (Lipinski definition) is 1. The van der Waals surface area contributed by atoms with Gasteiger partial charge in [-0.1, -0.05) is 194 Å². The second-order valence-electron chi connectivity index (χ2n) is 17.2. The highest BCUT2D eigenvalue weighted by atomic mass is 31.2. The lowest BCUT2D eigenvalue weighted by molar-refractivity contribution is -0.870. The number of hydrogen-bond acceptors (Lipinski definition) is 7. The van der Waals surface area contributed by atoms with E-state index in [-0.39, 0.29) is 32.2 Å². The fourth-order valence-electron chi connectivity index (χ4n) is 6.83. The van der Waals surface area contributed by atoms with E-state index in [1.807, 2.05) is 21.1 Å². The molecule has 2 unspecified atom stereocenters. The van der Waals surface area contributed by atoms with Crippen LogP contribution in [-0.2, 0) is 32.7 Å². The molecule has 0 aliphatic carbocycles. The van der Waals surface area contributed by atoms with Crippen LogP contribution < -0.4 is 0 Å². The van der Waals surface area contributed by atoms with Crippen LogP contribution in [0.25, 0.3) is 0 Å². The molecule has 0 spiro atoms. The smallest absolute Gasteiger partial charge is 0.462 e. The largest absolute Gasteiger partial charge is 0.472 e. The molecule has 0 heterocycles. The fourth-order valence-corrected chi connectivity index (χ4v) is 7.62. The zero-order valence-corrected chi connectivity index (χ0v) is 37.8. The number of carbonyl (C=O) groups is 2. The van der Waals surface area contributed by atoms with E-state index in [0.29, 0.717) is 17.3 Å². The molecule has 0 bridgehead atoms. The first-order chi connectivity index (χ1) is 26.5. The molecule has 0 aliphatic heterocycles. The van der Waals surface area contributed by atoms with Crippen molar-refractivity contribution in [2.75, 3.05) is 47.5 Å². The third-order valence-corrected chi connectivity index (χ3v) is 11.3. The van der Waals surface area contributed by atoms with Gasteiger partial charge in [-0.2, -0.15) is 0 Å². The van der Waals surface area contributed by atoms with Crippen LogP contribution in [0.2, 0.25) is 0 Å². The highest BCUT2D eigenvalue weighted by Gasteiger charge is 2.26. The number of quaternary nitrogens is 1. The van der Waals surface area contributed by atoms with E-state index in [0.717, 1.165) is 45.1 Å². The average Bonchev–Trinajstić information content (AvgIpc) is 3.14. The van der Waals surface area contributed by atoms with Gasteiger partial charge in [0.2, 0.25) is 0 Å². The Kier molecular flexibility index (Phi) is 37.8. The van der Waals surface area contributed by atoms with Crippen LogP contribution in [0.3, 0.4) is 0 Å². The maximum Gasteiger partial charge on any atom is 0.472 e. The van der Waals surface area contributed by atoms with Gasteiger partial charge in [0, 0.05) is 19.3 Å². The summed E-state index contributed by atoms with van der Waals surface area (Å²) in [6, 6.07) is 0. The van der Waals surface area contributed by atoms with Crippen molar-refractivity contribution in [2.45, 2.75) is 232 Å². The van der Waals surface area contributed by atoms with Gasteiger partial charge >= 0.3 is 19.8 Å². The Labute approximate surface area is 340 Å². The topological polar surface area (TPSA) is 108 Å². The molecule has 0 amide bonds. The Hall–Kier alpha value is -0.990. The van der Waals surface area contributed by atoms with Crippen LogP contribution in [-0.4, -0.2) is 74.9 Å². The molecule has 0 fully saturated rings. The fraction of sp³-hybridized carbons (Fsp3) is 0.956. The third kappa shape index (κ3) is 42.4. The minimum atomic E-state index is -4.36. The molecule has 2 atom stereocenters. The summed E-state index contributed by atoms with van der Waals surface area (Å²) < 4.78 is 34.6. The Morgan fingerprint density at radius 3 is 1.20 bits per heavy atom. The molecule has 10 heteroatoms. The summed E-state index contributed by atoms with van der Waals surface area (Å²) in [5, 5.41) is 0. The second-order valence-corrected chi connectivity index (χ2v) is 18.6. The van der Waals surface area contributed by atoms with Gasteiger partial charge in [-0.3, -0.25) is 18.6 Å². The molecule has 0 radical (unpaired) electrons. The zero-order chi connectivity index (χ0) is 40.7. The SMILES string of the molecule is CCCCCCCCCCCCCCCCCC(=O)OCC(COP(=O)(O)OCCC[N+](C)(C)C)OC(=O)CCCCCCCCCCCCCCCCC. The maximum atomic E-state index is 12.7. The number of ether oxygens (including phenoxy) is 2. The second kappa shape index (κ2) is 38.5. The molecule has 0 saturated carbocycles. The van der Waals surface area contributed by atoms with Crippen molar-refractivity contribution in [1.29, 1.82) is 0 Å². The molecule has 1 N–H and O–H groups in total. The molecular formula is C45H91NO8P+. The Bertz CT molecular complexity index is 912. The molecular weight excluding hydrogens is 713 g/mol.